The zero-order valence-electron chi connectivity index (χ0n) is 12.4. The van der Waals surface area contributed by atoms with Gasteiger partial charge in [0.25, 0.3) is 0 Å². The molecular formula is C14H22N2O3S. The largest absolute Gasteiger partial charge is 0.326 e. The minimum absolute atomic E-state index is 0.201. The lowest BCUT2D eigenvalue weighted by Crippen LogP contribution is -2.26. The lowest BCUT2D eigenvalue weighted by molar-refractivity contribution is -0.114. The first-order chi connectivity index (χ1) is 9.22. The average Bonchev–Trinajstić information content (AvgIpc) is 2.30. The summed E-state index contributed by atoms with van der Waals surface area (Å²) < 4.78 is 27.1. The molecule has 0 radical (unpaired) electrons. The monoisotopic (exact) mass is 298 g/mol. The van der Waals surface area contributed by atoms with Crippen LogP contribution in [0.3, 0.4) is 0 Å². The summed E-state index contributed by atoms with van der Waals surface area (Å²) >= 11 is 0. The highest BCUT2D eigenvalue weighted by atomic mass is 32.2. The molecule has 1 rings (SSSR count). The quantitative estimate of drug-likeness (QED) is 0.846. The van der Waals surface area contributed by atoms with Crippen LogP contribution >= 0.6 is 0 Å². The highest BCUT2D eigenvalue weighted by Gasteiger charge is 2.17. The fourth-order valence-electron chi connectivity index (χ4n) is 1.73. The van der Waals surface area contributed by atoms with E-state index < -0.39 is 10.0 Å². The second kappa shape index (κ2) is 6.85. The minimum Gasteiger partial charge on any atom is -0.326 e. The molecule has 112 valence electrons. The van der Waals surface area contributed by atoms with Crippen LogP contribution in [-0.2, 0) is 14.8 Å². The number of amides is 1. The van der Waals surface area contributed by atoms with Crippen LogP contribution in [-0.4, -0.2) is 20.9 Å². The first kappa shape index (κ1) is 16.7. The summed E-state index contributed by atoms with van der Waals surface area (Å²) in [6.45, 7) is 7.60. The van der Waals surface area contributed by atoms with E-state index in [1.54, 1.807) is 19.1 Å². The zero-order valence-corrected chi connectivity index (χ0v) is 13.2. The van der Waals surface area contributed by atoms with E-state index in [4.69, 9.17) is 0 Å². The second-order valence-corrected chi connectivity index (χ2v) is 6.98. The Bertz CT molecular complexity index is 580. The number of benzene rings is 1. The van der Waals surface area contributed by atoms with Gasteiger partial charge in [0, 0.05) is 19.2 Å². The van der Waals surface area contributed by atoms with Gasteiger partial charge in [-0.05, 0) is 37.0 Å². The molecule has 5 nitrogen and oxygen atoms in total. The van der Waals surface area contributed by atoms with Gasteiger partial charge < -0.3 is 5.32 Å². The van der Waals surface area contributed by atoms with E-state index in [-0.39, 0.29) is 10.8 Å². The van der Waals surface area contributed by atoms with Gasteiger partial charge in [-0.2, -0.15) is 0 Å². The Hall–Kier alpha value is -1.40. The van der Waals surface area contributed by atoms with Crippen molar-refractivity contribution in [3.8, 4) is 0 Å². The molecule has 0 unspecified atom stereocenters. The van der Waals surface area contributed by atoms with Crippen molar-refractivity contribution in [1.29, 1.82) is 0 Å². The number of hydrogen-bond donors (Lipinski definition) is 2. The SMILES string of the molecule is CC(=O)Nc1ccc(C)c(S(=O)(=O)NCCC(C)C)c1. The maximum absolute atomic E-state index is 12.2. The molecule has 0 aliphatic carbocycles. The van der Waals surface area contributed by atoms with Gasteiger partial charge in [-0.25, -0.2) is 13.1 Å². The van der Waals surface area contributed by atoms with Crippen molar-refractivity contribution in [2.24, 2.45) is 5.92 Å². The molecule has 0 saturated heterocycles. The summed E-state index contributed by atoms with van der Waals surface area (Å²) in [6.07, 6.45) is 0.781. The van der Waals surface area contributed by atoms with Gasteiger partial charge in [0.05, 0.1) is 4.90 Å². The van der Waals surface area contributed by atoms with Crippen LogP contribution in [0.4, 0.5) is 5.69 Å². The average molecular weight is 298 g/mol. The van der Waals surface area contributed by atoms with Crippen molar-refractivity contribution in [3.05, 3.63) is 23.8 Å². The van der Waals surface area contributed by atoms with E-state index in [1.807, 2.05) is 13.8 Å². The van der Waals surface area contributed by atoms with Crippen molar-refractivity contribution in [2.75, 3.05) is 11.9 Å². The maximum Gasteiger partial charge on any atom is 0.240 e. The fraction of sp³-hybridized carbons (Fsp3) is 0.500. The molecule has 1 aromatic carbocycles. The molecule has 1 aromatic rings. The molecule has 0 aliphatic rings. The lowest BCUT2D eigenvalue weighted by Gasteiger charge is -2.12. The summed E-state index contributed by atoms with van der Waals surface area (Å²) in [5.41, 5.74) is 1.13. The summed E-state index contributed by atoms with van der Waals surface area (Å²) in [4.78, 5) is 11.2. The van der Waals surface area contributed by atoms with Crippen LogP contribution in [0.25, 0.3) is 0 Å². The topological polar surface area (TPSA) is 75.3 Å². The van der Waals surface area contributed by atoms with Gasteiger partial charge >= 0.3 is 0 Å². The number of anilines is 1. The number of rotatable bonds is 6. The standard InChI is InChI=1S/C14H22N2O3S/c1-10(2)7-8-15-20(18,19)14-9-13(16-12(4)17)6-5-11(14)3/h5-6,9-10,15H,7-8H2,1-4H3,(H,16,17). The molecule has 6 heteroatoms. The molecule has 0 heterocycles. The molecule has 0 aliphatic heterocycles. The zero-order chi connectivity index (χ0) is 15.3. The van der Waals surface area contributed by atoms with Gasteiger partial charge in [-0.15, -0.1) is 0 Å². The van der Waals surface area contributed by atoms with Gasteiger partial charge in [0.1, 0.15) is 0 Å². The van der Waals surface area contributed by atoms with Crippen LogP contribution in [0.1, 0.15) is 32.8 Å². The number of carbonyl (C=O) groups excluding carboxylic acids is 1. The third-order valence-electron chi connectivity index (χ3n) is 2.81. The number of carbonyl (C=O) groups is 1. The molecule has 0 spiro atoms. The van der Waals surface area contributed by atoms with Crippen LogP contribution in [0.15, 0.2) is 23.1 Å². The normalized spacial score (nSPS) is 11.7. The number of sulfonamides is 1. The Kier molecular flexibility index (Phi) is 5.71. The Balaban J connectivity index is 2.95. The summed E-state index contributed by atoms with van der Waals surface area (Å²) in [7, 11) is -3.55. The summed E-state index contributed by atoms with van der Waals surface area (Å²) in [5.74, 6) is 0.203. The Morgan fingerprint density at radius 1 is 1.30 bits per heavy atom. The van der Waals surface area contributed by atoms with Crippen molar-refractivity contribution in [2.45, 2.75) is 39.0 Å². The first-order valence-electron chi connectivity index (χ1n) is 6.60. The van der Waals surface area contributed by atoms with E-state index in [1.165, 1.54) is 13.0 Å². The molecule has 2 N–H and O–H groups in total. The van der Waals surface area contributed by atoms with E-state index in [0.29, 0.717) is 23.7 Å². The highest BCUT2D eigenvalue weighted by Crippen LogP contribution is 2.20. The van der Waals surface area contributed by atoms with Crippen LogP contribution in [0.5, 0.6) is 0 Å². The second-order valence-electron chi connectivity index (χ2n) is 5.24. The van der Waals surface area contributed by atoms with Crippen LogP contribution < -0.4 is 10.0 Å². The Morgan fingerprint density at radius 3 is 2.50 bits per heavy atom. The van der Waals surface area contributed by atoms with Gasteiger partial charge in [0.2, 0.25) is 15.9 Å². The summed E-state index contributed by atoms with van der Waals surface area (Å²) in [6, 6.07) is 4.85. The third kappa shape index (κ3) is 4.94. The summed E-state index contributed by atoms with van der Waals surface area (Å²) in [5, 5.41) is 2.59. The smallest absolute Gasteiger partial charge is 0.240 e. The van der Waals surface area contributed by atoms with E-state index in [2.05, 4.69) is 10.0 Å². The molecule has 1 amide bonds. The van der Waals surface area contributed by atoms with Gasteiger partial charge in [-0.3, -0.25) is 4.79 Å². The lowest BCUT2D eigenvalue weighted by atomic mass is 10.1. The highest BCUT2D eigenvalue weighted by molar-refractivity contribution is 7.89. The van der Waals surface area contributed by atoms with Crippen molar-refractivity contribution in [3.63, 3.8) is 0 Å². The molecule has 0 bridgehead atoms. The Labute approximate surface area is 120 Å². The van der Waals surface area contributed by atoms with Crippen molar-refractivity contribution >= 4 is 21.6 Å². The molecular weight excluding hydrogens is 276 g/mol. The predicted molar refractivity (Wildman–Crippen MR) is 80.1 cm³/mol. The molecule has 0 saturated carbocycles. The minimum atomic E-state index is -3.55. The number of nitrogens with one attached hydrogen (secondary N) is 2. The van der Waals surface area contributed by atoms with E-state index >= 15 is 0 Å². The van der Waals surface area contributed by atoms with Crippen LogP contribution in [0.2, 0.25) is 0 Å². The third-order valence-corrected chi connectivity index (χ3v) is 4.41. The Morgan fingerprint density at radius 2 is 1.95 bits per heavy atom. The van der Waals surface area contributed by atoms with Crippen molar-refractivity contribution < 1.29 is 13.2 Å². The van der Waals surface area contributed by atoms with Gasteiger partial charge in [-0.1, -0.05) is 19.9 Å². The van der Waals surface area contributed by atoms with E-state index in [9.17, 15) is 13.2 Å². The number of aryl methyl sites for hydroxylation is 1. The fourth-order valence-corrected chi connectivity index (χ4v) is 3.05. The van der Waals surface area contributed by atoms with Gasteiger partial charge in [0.15, 0.2) is 0 Å². The first-order valence-corrected chi connectivity index (χ1v) is 8.08. The number of hydrogen-bond acceptors (Lipinski definition) is 3. The maximum atomic E-state index is 12.2. The van der Waals surface area contributed by atoms with Crippen LogP contribution in [0, 0.1) is 12.8 Å². The molecule has 20 heavy (non-hydrogen) atoms. The molecule has 0 atom stereocenters. The predicted octanol–water partition coefficient (Wildman–Crippen LogP) is 2.28. The van der Waals surface area contributed by atoms with E-state index in [0.717, 1.165) is 6.42 Å². The molecule has 0 fully saturated rings. The molecule has 0 aromatic heterocycles. The van der Waals surface area contributed by atoms with Crippen molar-refractivity contribution in [1.82, 2.24) is 4.72 Å².